The van der Waals surface area contributed by atoms with Crippen molar-refractivity contribution in [2.45, 2.75) is 31.6 Å². The summed E-state index contributed by atoms with van der Waals surface area (Å²) in [5.74, 6) is 0.204. The quantitative estimate of drug-likeness (QED) is 0.0631. The van der Waals surface area contributed by atoms with Crippen molar-refractivity contribution < 1.29 is 13.9 Å². The fourth-order valence-corrected chi connectivity index (χ4v) is 7.56. The standard InChI is InChI=1S/C36H42F2N8OS3/c1-23(2)36-43-33(25-18-26(21-41-20-25)44-50-34-27(37)7-6-8-28(34)38)35(49-36)29(39-4)9-10-40-22-42-30-17-24(3)31(19-32(30)47)46-13-11-45(12-14-46)15-16-48-5/h6-10,17-21,23,42,44,47H,4,11-16,22H2,1-3,5H3/b29-9-,40-10-. The van der Waals surface area contributed by atoms with Gasteiger partial charge in [0.2, 0.25) is 0 Å². The summed E-state index contributed by atoms with van der Waals surface area (Å²) in [6.07, 6.45) is 8.83. The zero-order valence-corrected chi connectivity index (χ0v) is 31.1. The molecule has 0 aliphatic carbocycles. The van der Waals surface area contributed by atoms with E-state index in [9.17, 15) is 13.9 Å². The summed E-state index contributed by atoms with van der Waals surface area (Å²) in [7, 11) is 0. The highest BCUT2D eigenvalue weighted by Gasteiger charge is 2.21. The number of nitrogens with zero attached hydrogens (tertiary/aromatic N) is 6. The Morgan fingerprint density at radius 3 is 2.60 bits per heavy atom. The second-order valence-corrected chi connectivity index (χ2v) is 14.8. The van der Waals surface area contributed by atoms with E-state index in [1.54, 1.807) is 24.7 Å². The molecule has 0 radical (unpaired) electrons. The lowest BCUT2D eigenvalue weighted by molar-refractivity contribution is 0.273. The van der Waals surface area contributed by atoms with E-state index in [0.717, 1.165) is 71.6 Å². The monoisotopic (exact) mass is 736 g/mol. The Hall–Kier alpha value is -3.98. The molecule has 0 atom stereocenters. The van der Waals surface area contributed by atoms with Crippen molar-refractivity contribution in [1.82, 2.24) is 14.9 Å². The van der Waals surface area contributed by atoms with Crippen LogP contribution >= 0.6 is 35.0 Å². The number of phenols is 1. The molecule has 9 nitrogen and oxygen atoms in total. The number of aryl methyl sites for hydroxylation is 1. The second kappa shape index (κ2) is 17.8. The molecule has 0 spiro atoms. The van der Waals surface area contributed by atoms with Crippen LogP contribution < -0.4 is 14.9 Å². The van der Waals surface area contributed by atoms with Gasteiger partial charge in [-0.1, -0.05) is 19.9 Å². The molecule has 0 saturated carbocycles. The SMILES string of the molecule is C=N/C(=C\C=N/CNc1cc(C)c(N2CCN(CCSC)CC2)cc1O)c1sc(C(C)C)nc1-c1cncc(NSc2c(F)cccc2F)c1. The van der Waals surface area contributed by atoms with Gasteiger partial charge in [-0.05, 0) is 67.7 Å². The van der Waals surface area contributed by atoms with Gasteiger partial charge < -0.3 is 20.0 Å². The number of aromatic hydroxyl groups is 1. The van der Waals surface area contributed by atoms with E-state index < -0.39 is 11.6 Å². The molecule has 5 rings (SSSR count). The zero-order chi connectivity index (χ0) is 35.6. The molecule has 0 amide bonds. The number of hydrogen-bond acceptors (Lipinski definition) is 12. The summed E-state index contributed by atoms with van der Waals surface area (Å²) in [5.41, 5.74) is 5.30. The largest absolute Gasteiger partial charge is 0.506 e. The van der Waals surface area contributed by atoms with Crippen LogP contribution in [0.3, 0.4) is 0 Å². The van der Waals surface area contributed by atoms with E-state index in [2.05, 4.69) is 68.6 Å². The Balaban J connectivity index is 1.26. The Labute approximate surface area is 305 Å². The molecule has 1 saturated heterocycles. The third kappa shape index (κ3) is 9.42. The molecule has 1 fully saturated rings. The second-order valence-electron chi connectivity index (χ2n) is 12.0. The Bertz CT molecular complexity index is 1820. The number of benzene rings is 2. The van der Waals surface area contributed by atoms with Crippen LogP contribution in [-0.2, 0) is 0 Å². The van der Waals surface area contributed by atoms with Crippen LogP contribution in [0, 0.1) is 18.6 Å². The number of phenolic OH excluding ortho intramolecular Hbond substituents is 1. The lowest BCUT2D eigenvalue weighted by Crippen LogP contribution is -2.47. The maximum atomic E-state index is 14.2. The van der Waals surface area contributed by atoms with Gasteiger partial charge in [0, 0.05) is 74.1 Å². The number of rotatable bonds is 15. The zero-order valence-electron chi connectivity index (χ0n) is 28.6. The van der Waals surface area contributed by atoms with Gasteiger partial charge in [0.15, 0.2) is 0 Å². The Kier molecular flexibility index (Phi) is 13.3. The molecular formula is C36H42F2N8OS3. The first-order valence-corrected chi connectivity index (χ1v) is 19.2. The third-order valence-corrected chi connectivity index (χ3v) is 11.0. The first-order valence-electron chi connectivity index (χ1n) is 16.2. The summed E-state index contributed by atoms with van der Waals surface area (Å²) in [5, 5.41) is 15.0. The molecule has 14 heteroatoms. The van der Waals surface area contributed by atoms with Crippen LogP contribution in [-0.4, -0.2) is 84.3 Å². The molecule has 3 N–H and O–H groups in total. The lowest BCUT2D eigenvalue weighted by atomic mass is 10.1. The minimum atomic E-state index is -0.648. The van der Waals surface area contributed by atoms with Crippen LogP contribution in [0.2, 0.25) is 0 Å². The highest BCUT2D eigenvalue weighted by molar-refractivity contribution is 8.00. The number of halogens is 2. The highest BCUT2D eigenvalue weighted by atomic mass is 32.2. The van der Waals surface area contributed by atoms with Crippen molar-refractivity contribution in [1.29, 1.82) is 0 Å². The average Bonchev–Trinajstić information content (AvgIpc) is 3.56. The van der Waals surface area contributed by atoms with Crippen molar-refractivity contribution >= 4 is 70.7 Å². The van der Waals surface area contributed by atoms with Gasteiger partial charge in [-0.25, -0.2) is 13.8 Å². The van der Waals surface area contributed by atoms with Gasteiger partial charge in [0.1, 0.15) is 24.1 Å². The minimum Gasteiger partial charge on any atom is -0.506 e. The van der Waals surface area contributed by atoms with Gasteiger partial charge >= 0.3 is 0 Å². The maximum absolute atomic E-state index is 14.2. The molecule has 2 aromatic heterocycles. The van der Waals surface area contributed by atoms with Crippen LogP contribution in [0.5, 0.6) is 5.75 Å². The predicted molar refractivity (Wildman–Crippen MR) is 210 cm³/mol. The number of allylic oxidation sites excluding steroid dienone is 1. The molecule has 2 aromatic carbocycles. The van der Waals surface area contributed by atoms with Crippen molar-refractivity contribution in [2.75, 3.05) is 66.3 Å². The van der Waals surface area contributed by atoms with Gasteiger partial charge in [-0.3, -0.25) is 19.9 Å². The number of thioether (sulfide) groups is 1. The average molecular weight is 737 g/mol. The number of nitrogens with one attached hydrogen (secondary N) is 2. The fourth-order valence-electron chi connectivity index (χ4n) is 5.38. The summed E-state index contributed by atoms with van der Waals surface area (Å²) in [4.78, 5) is 23.5. The summed E-state index contributed by atoms with van der Waals surface area (Å²) in [6.45, 7) is 15.3. The van der Waals surface area contributed by atoms with Gasteiger partial charge in [-0.2, -0.15) is 11.8 Å². The van der Waals surface area contributed by atoms with Gasteiger partial charge in [0.05, 0.1) is 43.7 Å². The highest BCUT2D eigenvalue weighted by Crippen LogP contribution is 2.38. The topological polar surface area (TPSA) is 101 Å². The van der Waals surface area contributed by atoms with E-state index in [1.165, 1.54) is 29.5 Å². The summed E-state index contributed by atoms with van der Waals surface area (Å²) < 4.78 is 31.3. The molecule has 0 bridgehead atoms. The van der Waals surface area contributed by atoms with Crippen LogP contribution in [0.1, 0.15) is 35.2 Å². The summed E-state index contributed by atoms with van der Waals surface area (Å²) in [6, 6.07) is 9.39. The lowest BCUT2D eigenvalue weighted by Gasteiger charge is -2.37. The molecular weight excluding hydrogens is 695 g/mol. The third-order valence-electron chi connectivity index (χ3n) is 8.08. The van der Waals surface area contributed by atoms with Crippen molar-refractivity contribution in [3.63, 3.8) is 0 Å². The predicted octanol–water partition coefficient (Wildman–Crippen LogP) is 8.41. The number of thiazole rings is 1. The fraction of sp³-hybridized carbons (Fsp3) is 0.333. The van der Waals surface area contributed by atoms with Crippen molar-refractivity contribution in [2.24, 2.45) is 9.98 Å². The van der Waals surface area contributed by atoms with Crippen LogP contribution in [0.15, 0.2) is 69.7 Å². The Morgan fingerprint density at radius 1 is 1.14 bits per heavy atom. The smallest absolute Gasteiger partial charge is 0.141 e. The van der Waals surface area contributed by atoms with Crippen LogP contribution in [0.4, 0.5) is 25.8 Å². The van der Waals surface area contributed by atoms with E-state index >= 15 is 0 Å². The number of aromatic nitrogens is 2. The van der Waals surface area contributed by atoms with Gasteiger partial charge in [0.25, 0.3) is 0 Å². The van der Waals surface area contributed by atoms with E-state index in [4.69, 9.17) is 4.98 Å². The molecule has 1 aliphatic rings. The first-order chi connectivity index (χ1) is 24.2. The van der Waals surface area contributed by atoms with Gasteiger partial charge in [-0.15, -0.1) is 11.3 Å². The molecule has 1 aliphatic heterocycles. The molecule has 3 heterocycles. The molecule has 0 unspecified atom stereocenters. The number of hydrogen-bond donors (Lipinski definition) is 3. The molecule has 4 aromatic rings. The van der Waals surface area contributed by atoms with E-state index in [-0.39, 0.29) is 23.2 Å². The maximum Gasteiger partial charge on any atom is 0.141 e. The number of anilines is 3. The molecule has 264 valence electrons. The number of pyridine rings is 1. The van der Waals surface area contributed by atoms with Crippen molar-refractivity contribution in [3.05, 3.63) is 82.0 Å². The number of piperazine rings is 1. The molecule has 50 heavy (non-hydrogen) atoms. The summed E-state index contributed by atoms with van der Waals surface area (Å²) >= 11 is 4.22. The van der Waals surface area contributed by atoms with E-state index in [0.29, 0.717) is 28.3 Å². The Morgan fingerprint density at radius 2 is 1.90 bits per heavy atom. The minimum absolute atomic E-state index is 0.127. The van der Waals surface area contributed by atoms with Crippen LogP contribution in [0.25, 0.3) is 17.0 Å². The first kappa shape index (κ1) is 37.3. The normalized spacial score (nSPS) is 14.1. The van der Waals surface area contributed by atoms with Crippen molar-refractivity contribution in [3.8, 4) is 17.0 Å². The van der Waals surface area contributed by atoms with E-state index in [1.807, 2.05) is 30.0 Å². The number of aliphatic imine (C=N–C) groups is 2.